The molecule has 3 rings (SSSR count). The van der Waals surface area contributed by atoms with Crippen molar-refractivity contribution in [2.24, 2.45) is 5.10 Å². The molecule has 12 heteroatoms. The summed E-state index contributed by atoms with van der Waals surface area (Å²) < 4.78 is 41.9. The maximum atomic E-state index is 12.7. The molecule has 0 aliphatic heterocycles. The summed E-state index contributed by atoms with van der Waals surface area (Å²) in [5, 5.41) is 6.67. The number of anilines is 2. The van der Waals surface area contributed by atoms with Gasteiger partial charge in [-0.1, -0.05) is 0 Å². The highest BCUT2D eigenvalue weighted by Gasteiger charge is 2.29. The number of benzene rings is 3. The van der Waals surface area contributed by atoms with Gasteiger partial charge >= 0.3 is 0 Å². The van der Waals surface area contributed by atoms with Gasteiger partial charge < -0.3 is 19.5 Å². The Balaban J connectivity index is 1.52. The van der Waals surface area contributed by atoms with Crippen molar-refractivity contribution < 1.29 is 32.2 Å². The van der Waals surface area contributed by atoms with E-state index in [1.165, 1.54) is 13.1 Å². The van der Waals surface area contributed by atoms with E-state index in [1.54, 1.807) is 79.9 Å². The molecule has 0 radical (unpaired) electrons. The van der Waals surface area contributed by atoms with Gasteiger partial charge in [0.05, 0.1) is 31.9 Å². The third-order valence-electron chi connectivity index (χ3n) is 5.50. The van der Waals surface area contributed by atoms with Crippen LogP contribution in [0.1, 0.15) is 19.4 Å². The number of carbonyl (C=O) groups is 2. The average Bonchev–Trinajstić information content (AvgIpc) is 2.93. The summed E-state index contributed by atoms with van der Waals surface area (Å²) in [5.41, 5.74) is 3.97. The Morgan fingerprint density at radius 1 is 0.925 bits per heavy atom. The molecule has 212 valence electrons. The lowest BCUT2D eigenvalue weighted by Crippen LogP contribution is -2.46. The van der Waals surface area contributed by atoms with E-state index < -0.39 is 22.0 Å². The van der Waals surface area contributed by atoms with Gasteiger partial charge in [0.15, 0.2) is 6.61 Å². The van der Waals surface area contributed by atoms with Crippen LogP contribution in [0.2, 0.25) is 0 Å². The SMILES string of the molecule is CCOc1ccc(N([C@H](C)C(=O)N/N=C\c2ccc(OCC(=O)Nc3ccc(OC)cc3)cc2)S(C)(=O)=O)cc1. The molecule has 3 aromatic carbocycles. The van der Waals surface area contributed by atoms with E-state index in [1.807, 2.05) is 6.92 Å². The number of methoxy groups -OCH3 is 1. The summed E-state index contributed by atoms with van der Waals surface area (Å²) in [6.45, 7) is 3.61. The first kappa shape index (κ1) is 30.0. The van der Waals surface area contributed by atoms with Gasteiger partial charge in [-0.25, -0.2) is 13.8 Å². The molecule has 2 amide bonds. The van der Waals surface area contributed by atoms with Gasteiger partial charge in [-0.2, -0.15) is 5.10 Å². The molecular weight excluding hydrogens is 536 g/mol. The van der Waals surface area contributed by atoms with E-state index >= 15 is 0 Å². The maximum absolute atomic E-state index is 12.7. The summed E-state index contributed by atoms with van der Waals surface area (Å²) in [7, 11) is -2.20. The Morgan fingerprint density at radius 2 is 1.50 bits per heavy atom. The Morgan fingerprint density at radius 3 is 2.08 bits per heavy atom. The second-order valence-corrected chi connectivity index (χ2v) is 10.4. The number of carbonyl (C=O) groups excluding carboxylic acids is 2. The van der Waals surface area contributed by atoms with Crippen LogP contribution in [0.5, 0.6) is 17.2 Å². The zero-order valence-corrected chi connectivity index (χ0v) is 23.5. The number of ether oxygens (including phenoxy) is 3. The lowest BCUT2D eigenvalue weighted by Gasteiger charge is -2.27. The number of sulfonamides is 1. The number of hydrazone groups is 1. The van der Waals surface area contributed by atoms with Gasteiger partial charge in [-0.3, -0.25) is 13.9 Å². The molecule has 0 aliphatic carbocycles. The second-order valence-electron chi connectivity index (χ2n) is 8.53. The third-order valence-corrected chi connectivity index (χ3v) is 6.74. The van der Waals surface area contributed by atoms with Crippen LogP contribution in [0, 0.1) is 0 Å². The van der Waals surface area contributed by atoms with Crippen LogP contribution in [-0.2, 0) is 19.6 Å². The summed E-state index contributed by atoms with van der Waals surface area (Å²) in [6, 6.07) is 19.0. The molecule has 0 bridgehead atoms. The smallest absolute Gasteiger partial charge is 0.263 e. The number of nitrogens with zero attached hydrogens (tertiary/aromatic N) is 2. The maximum Gasteiger partial charge on any atom is 0.263 e. The highest BCUT2D eigenvalue weighted by atomic mass is 32.2. The Labute approximate surface area is 233 Å². The van der Waals surface area contributed by atoms with Gasteiger partial charge in [0.1, 0.15) is 23.3 Å². The van der Waals surface area contributed by atoms with Crippen LogP contribution in [0.25, 0.3) is 0 Å². The summed E-state index contributed by atoms with van der Waals surface area (Å²) in [5.74, 6) is 0.819. The van der Waals surface area contributed by atoms with E-state index in [0.717, 1.165) is 10.6 Å². The van der Waals surface area contributed by atoms with Gasteiger partial charge in [-0.15, -0.1) is 0 Å². The van der Waals surface area contributed by atoms with Crippen LogP contribution < -0.4 is 29.3 Å². The highest BCUT2D eigenvalue weighted by Crippen LogP contribution is 2.24. The Kier molecular flexibility index (Phi) is 10.5. The fourth-order valence-corrected chi connectivity index (χ4v) is 4.77. The number of amides is 2. The van der Waals surface area contributed by atoms with Crippen LogP contribution >= 0.6 is 0 Å². The second kappa shape index (κ2) is 14.0. The average molecular weight is 569 g/mol. The van der Waals surface area contributed by atoms with Crippen molar-refractivity contribution in [3.05, 3.63) is 78.4 Å². The molecule has 11 nitrogen and oxygen atoms in total. The molecule has 1 atom stereocenters. The Bertz CT molecular complexity index is 1410. The zero-order chi connectivity index (χ0) is 29.1. The fourth-order valence-electron chi connectivity index (χ4n) is 3.60. The lowest BCUT2D eigenvalue weighted by molar-refractivity contribution is -0.121. The first-order valence-corrected chi connectivity index (χ1v) is 14.2. The van der Waals surface area contributed by atoms with E-state index in [2.05, 4.69) is 15.8 Å². The van der Waals surface area contributed by atoms with E-state index in [9.17, 15) is 18.0 Å². The van der Waals surface area contributed by atoms with Crippen LogP contribution in [-0.4, -0.2) is 59.1 Å². The molecule has 2 N–H and O–H groups in total. The number of hydrogen-bond acceptors (Lipinski definition) is 8. The molecular formula is C28H32N4O7S. The van der Waals surface area contributed by atoms with Crippen molar-refractivity contribution in [3.63, 3.8) is 0 Å². The third kappa shape index (κ3) is 8.73. The van der Waals surface area contributed by atoms with Crippen molar-refractivity contribution in [3.8, 4) is 17.2 Å². The van der Waals surface area contributed by atoms with E-state index in [-0.39, 0.29) is 12.5 Å². The molecule has 3 aromatic rings. The minimum absolute atomic E-state index is 0.182. The Hall–Kier alpha value is -4.58. The van der Waals surface area contributed by atoms with Crippen molar-refractivity contribution in [1.29, 1.82) is 0 Å². The zero-order valence-electron chi connectivity index (χ0n) is 22.7. The molecule has 0 aromatic heterocycles. The standard InChI is InChI=1S/C28H32N4O7S/c1-5-38-25-16-10-23(11-17-25)32(40(4,35)36)20(2)28(34)31-29-18-21-6-12-26(13-7-21)39-19-27(33)30-22-8-14-24(37-3)15-9-22/h6-18,20H,5,19H2,1-4H3,(H,30,33)(H,31,34)/b29-18-/t20-/m1/s1. The molecule has 0 fully saturated rings. The molecule has 0 saturated heterocycles. The van der Waals surface area contributed by atoms with Gasteiger partial charge in [-0.05, 0) is 92.2 Å². The van der Waals surface area contributed by atoms with E-state index in [0.29, 0.717) is 40.8 Å². The van der Waals surface area contributed by atoms with Gasteiger partial charge in [0.25, 0.3) is 11.8 Å². The molecule has 0 spiro atoms. The summed E-state index contributed by atoms with van der Waals surface area (Å²) >= 11 is 0. The molecule has 0 saturated carbocycles. The quantitative estimate of drug-likeness (QED) is 0.238. The molecule has 0 unspecified atom stereocenters. The summed E-state index contributed by atoms with van der Waals surface area (Å²) in [4.78, 5) is 24.8. The summed E-state index contributed by atoms with van der Waals surface area (Å²) in [6.07, 6.45) is 2.44. The van der Waals surface area contributed by atoms with Crippen LogP contribution in [0.15, 0.2) is 77.9 Å². The molecule has 0 aliphatic rings. The van der Waals surface area contributed by atoms with Crippen LogP contribution in [0.3, 0.4) is 0 Å². The predicted molar refractivity (Wildman–Crippen MR) is 154 cm³/mol. The largest absolute Gasteiger partial charge is 0.497 e. The highest BCUT2D eigenvalue weighted by molar-refractivity contribution is 7.92. The van der Waals surface area contributed by atoms with Gasteiger partial charge in [0, 0.05) is 5.69 Å². The number of hydrogen-bond donors (Lipinski definition) is 2. The topological polar surface area (TPSA) is 136 Å². The first-order chi connectivity index (χ1) is 19.1. The predicted octanol–water partition coefficient (Wildman–Crippen LogP) is 3.42. The number of rotatable bonds is 13. The van der Waals surface area contributed by atoms with Gasteiger partial charge in [0.2, 0.25) is 10.0 Å². The number of nitrogens with one attached hydrogen (secondary N) is 2. The van der Waals surface area contributed by atoms with Crippen molar-refractivity contribution >= 4 is 39.4 Å². The minimum Gasteiger partial charge on any atom is -0.497 e. The van der Waals surface area contributed by atoms with E-state index in [4.69, 9.17) is 14.2 Å². The van der Waals surface area contributed by atoms with Crippen molar-refractivity contribution in [1.82, 2.24) is 5.43 Å². The van der Waals surface area contributed by atoms with Crippen molar-refractivity contribution in [2.45, 2.75) is 19.9 Å². The lowest BCUT2D eigenvalue weighted by atomic mass is 10.2. The molecule has 40 heavy (non-hydrogen) atoms. The minimum atomic E-state index is -3.77. The first-order valence-electron chi connectivity index (χ1n) is 12.3. The van der Waals surface area contributed by atoms with Crippen molar-refractivity contribution in [2.75, 3.05) is 36.2 Å². The normalized spacial score (nSPS) is 11.9. The molecule has 0 heterocycles. The monoisotopic (exact) mass is 568 g/mol. The van der Waals surface area contributed by atoms with Crippen LogP contribution in [0.4, 0.5) is 11.4 Å². The fraction of sp³-hybridized carbons (Fsp3) is 0.250.